The first-order valence-corrected chi connectivity index (χ1v) is 10.3. The SMILES string of the molecule is O=C(Nc1ccc(Cc2ccc(NC(=O)Nc3ccccn3)cc2)cc1)Nc1ccccn1. The van der Waals surface area contributed by atoms with Gasteiger partial charge in [0.15, 0.2) is 0 Å². The van der Waals surface area contributed by atoms with Crippen molar-refractivity contribution in [3.8, 4) is 0 Å². The lowest BCUT2D eigenvalue weighted by Gasteiger charge is -2.09. The number of pyridine rings is 2. The molecule has 0 radical (unpaired) electrons. The number of hydrogen-bond acceptors (Lipinski definition) is 4. The van der Waals surface area contributed by atoms with Crippen LogP contribution in [-0.4, -0.2) is 22.0 Å². The van der Waals surface area contributed by atoms with Crippen molar-refractivity contribution in [1.82, 2.24) is 9.97 Å². The maximum Gasteiger partial charge on any atom is 0.324 e. The van der Waals surface area contributed by atoms with E-state index in [2.05, 4.69) is 31.2 Å². The lowest BCUT2D eigenvalue weighted by atomic mass is 10.0. The van der Waals surface area contributed by atoms with Crippen molar-refractivity contribution in [1.29, 1.82) is 0 Å². The predicted molar refractivity (Wildman–Crippen MR) is 129 cm³/mol. The molecule has 2 aromatic carbocycles. The second-order valence-electron chi connectivity index (χ2n) is 7.16. The van der Waals surface area contributed by atoms with E-state index in [1.807, 2.05) is 48.5 Å². The Bertz CT molecular complexity index is 1100. The van der Waals surface area contributed by atoms with Crippen LogP contribution in [-0.2, 0) is 6.42 Å². The molecule has 2 heterocycles. The fourth-order valence-corrected chi connectivity index (χ4v) is 3.08. The van der Waals surface area contributed by atoms with E-state index in [1.165, 1.54) is 0 Å². The summed E-state index contributed by atoms with van der Waals surface area (Å²) >= 11 is 0. The smallest absolute Gasteiger partial charge is 0.308 e. The first-order chi connectivity index (χ1) is 16.1. The third-order valence-electron chi connectivity index (χ3n) is 4.64. The molecule has 4 N–H and O–H groups in total. The quantitative estimate of drug-likeness (QED) is 0.325. The van der Waals surface area contributed by atoms with Crippen molar-refractivity contribution >= 4 is 35.1 Å². The number of urea groups is 2. The van der Waals surface area contributed by atoms with Crippen molar-refractivity contribution in [2.75, 3.05) is 21.3 Å². The van der Waals surface area contributed by atoms with Gasteiger partial charge in [-0.1, -0.05) is 36.4 Å². The van der Waals surface area contributed by atoms with Gasteiger partial charge in [-0.05, 0) is 66.1 Å². The monoisotopic (exact) mass is 438 g/mol. The van der Waals surface area contributed by atoms with Gasteiger partial charge >= 0.3 is 12.1 Å². The third kappa shape index (κ3) is 6.63. The molecule has 2 aromatic heterocycles. The van der Waals surface area contributed by atoms with Crippen molar-refractivity contribution in [2.24, 2.45) is 0 Å². The highest BCUT2D eigenvalue weighted by Crippen LogP contribution is 2.16. The van der Waals surface area contributed by atoms with Gasteiger partial charge in [0, 0.05) is 23.8 Å². The number of anilines is 4. The van der Waals surface area contributed by atoms with Crippen molar-refractivity contribution in [3.63, 3.8) is 0 Å². The molecule has 0 bridgehead atoms. The van der Waals surface area contributed by atoms with Gasteiger partial charge < -0.3 is 10.6 Å². The van der Waals surface area contributed by atoms with Crippen LogP contribution >= 0.6 is 0 Å². The number of nitrogens with one attached hydrogen (secondary N) is 4. The number of benzene rings is 2. The van der Waals surface area contributed by atoms with E-state index >= 15 is 0 Å². The molecule has 4 amide bonds. The molecule has 8 heteroatoms. The summed E-state index contributed by atoms with van der Waals surface area (Å²) in [4.78, 5) is 32.3. The summed E-state index contributed by atoms with van der Waals surface area (Å²) in [5.41, 5.74) is 3.56. The summed E-state index contributed by atoms with van der Waals surface area (Å²) in [5.74, 6) is 0.970. The van der Waals surface area contributed by atoms with Gasteiger partial charge in [-0.3, -0.25) is 10.6 Å². The molecule has 0 fully saturated rings. The molecular formula is C25H22N6O2. The standard InChI is InChI=1S/C25H22N6O2/c32-24(30-22-5-1-3-15-26-22)28-20-11-7-18(8-12-20)17-19-9-13-21(14-10-19)29-25(33)31-23-6-2-4-16-27-23/h1-16H,17H2,(H2,26,28,30,32)(H2,27,29,31,33). The fraction of sp³-hybridized carbons (Fsp3) is 0.0400. The second-order valence-corrected chi connectivity index (χ2v) is 7.16. The molecule has 0 aliphatic rings. The molecule has 8 nitrogen and oxygen atoms in total. The molecule has 0 aliphatic carbocycles. The molecule has 0 aliphatic heterocycles. The number of rotatable bonds is 6. The summed E-state index contributed by atoms with van der Waals surface area (Å²) in [6.45, 7) is 0. The summed E-state index contributed by atoms with van der Waals surface area (Å²) in [6.07, 6.45) is 3.95. The number of nitrogens with zero attached hydrogens (tertiary/aromatic N) is 2. The van der Waals surface area contributed by atoms with Gasteiger partial charge in [0.1, 0.15) is 11.6 Å². The second kappa shape index (κ2) is 10.5. The highest BCUT2D eigenvalue weighted by atomic mass is 16.2. The van der Waals surface area contributed by atoms with E-state index in [0.717, 1.165) is 17.5 Å². The van der Waals surface area contributed by atoms with Crippen LogP contribution in [0.25, 0.3) is 0 Å². The first kappa shape index (κ1) is 21.5. The van der Waals surface area contributed by atoms with Crippen LogP contribution in [0.2, 0.25) is 0 Å². The van der Waals surface area contributed by atoms with Gasteiger partial charge in [-0.2, -0.15) is 0 Å². The summed E-state index contributed by atoms with van der Waals surface area (Å²) in [5, 5.41) is 10.9. The lowest BCUT2D eigenvalue weighted by Crippen LogP contribution is -2.20. The van der Waals surface area contributed by atoms with Gasteiger partial charge in [0.05, 0.1) is 0 Å². The highest BCUT2D eigenvalue weighted by molar-refractivity contribution is 5.99. The van der Waals surface area contributed by atoms with Crippen LogP contribution in [0.4, 0.5) is 32.6 Å². The summed E-state index contributed by atoms with van der Waals surface area (Å²) in [6, 6.07) is 25.2. The fourth-order valence-electron chi connectivity index (χ4n) is 3.08. The molecule has 0 unspecified atom stereocenters. The Kier molecular flexibility index (Phi) is 6.87. The van der Waals surface area contributed by atoms with E-state index in [0.29, 0.717) is 23.0 Å². The molecule has 0 saturated heterocycles. The Balaban J connectivity index is 1.27. The molecule has 0 saturated carbocycles. The zero-order valence-electron chi connectivity index (χ0n) is 17.7. The Labute approximate surface area is 191 Å². The molecule has 0 spiro atoms. The van der Waals surface area contributed by atoms with E-state index in [1.54, 1.807) is 48.8 Å². The van der Waals surface area contributed by atoms with Gasteiger partial charge in [-0.25, -0.2) is 19.6 Å². The summed E-state index contributed by atoms with van der Waals surface area (Å²) in [7, 11) is 0. The molecule has 4 aromatic rings. The normalized spacial score (nSPS) is 10.2. The zero-order chi connectivity index (χ0) is 22.9. The molecule has 164 valence electrons. The Morgan fingerprint density at radius 2 is 0.970 bits per heavy atom. The van der Waals surface area contributed by atoms with Gasteiger partial charge in [0.2, 0.25) is 0 Å². The van der Waals surface area contributed by atoms with Crippen LogP contribution in [0, 0.1) is 0 Å². The zero-order valence-corrected chi connectivity index (χ0v) is 17.7. The van der Waals surface area contributed by atoms with Crippen molar-refractivity contribution in [2.45, 2.75) is 6.42 Å². The number of hydrogen-bond donors (Lipinski definition) is 4. The van der Waals surface area contributed by atoms with Crippen molar-refractivity contribution < 1.29 is 9.59 Å². The average molecular weight is 438 g/mol. The number of aromatic nitrogens is 2. The predicted octanol–water partition coefficient (Wildman–Crippen LogP) is 5.36. The third-order valence-corrected chi connectivity index (χ3v) is 4.64. The van der Waals surface area contributed by atoms with Crippen LogP contribution in [0.15, 0.2) is 97.3 Å². The number of carbonyl (C=O) groups excluding carboxylic acids is 2. The van der Waals surface area contributed by atoms with Crippen molar-refractivity contribution in [3.05, 3.63) is 108 Å². The van der Waals surface area contributed by atoms with Crippen LogP contribution in [0.5, 0.6) is 0 Å². The molecule has 0 atom stereocenters. The minimum atomic E-state index is -0.350. The largest absolute Gasteiger partial charge is 0.324 e. The van der Waals surface area contributed by atoms with E-state index < -0.39 is 0 Å². The minimum absolute atomic E-state index is 0.350. The molecule has 4 rings (SSSR count). The average Bonchev–Trinajstić information content (AvgIpc) is 2.83. The lowest BCUT2D eigenvalue weighted by molar-refractivity contribution is 0.261. The summed E-state index contributed by atoms with van der Waals surface area (Å²) < 4.78 is 0. The van der Waals surface area contributed by atoms with E-state index in [-0.39, 0.29) is 12.1 Å². The number of amides is 4. The van der Waals surface area contributed by atoms with Gasteiger partial charge in [0.25, 0.3) is 0 Å². The van der Waals surface area contributed by atoms with Crippen LogP contribution in [0.3, 0.4) is 0 Å². The molecule has 33 heavy (non-hydrogen) atoms. The Morgan fingerprint density at radius 3 is 1.33 bits per heavy atom. The Morgan fingerprint density at radius 1 is 0.545 bits per heavy atom. The highest BCUT2D eigenvalue weighted by Gasteiger charge is 2.05. The van der Waals surface area contributed by atoms with Crippen LogP contribution < -0.4 is 21.3 Å². The minimum Gasteiger partial charge on any atom is -0.308 e. The topological polar surface area (TPSA) is 108 Å². The van der Waals surface area contributed by atoms with Gasteiger partial charge in [-0.15, -0.1) is 0 Å². The van der Waals surface area contributed by atoms with Crippen LogP contribution in [0.1, 0.15) is 11.1 Å². The van der Waals surface area contributed by atoms with E-state index in [4.69, 9.17) is 0 Å². The first-order valence-electron chi connectivity index (χ1n) is 10.3. The maximum atomic E-state index is 12.1. The maximum absolute atomic E-state index is 12.1. The van der Waals surface area contributed by atoms with E-state index in [9.17, 15) is 9.59 Å². The molecular weight excluding hydrogens is 416 g/mol. The number of carbonyl (C=O) groups is 2. The Hall–Kier alpha value is -4.72.